The molecule has 0 fully saturated rings. The van der Waals surface area contributed by atoms with Crippen molar-refractivity contribution >= 4 is 52.0 Å². The number of esters is 1. The van der Waals surface area contributed by atoms with E-state index in [0.717, 1.165) is 10.5 Å². The van der Waals surface area contributed by atoms with Crippen LogP contribution in [0.2, 0.25) is 5.02 Å². The van der Waals surface area contributed by atoms with Gasteiger partial charge in [-0.2, -0.15) is 5.10 Å². The highest BCUT2D eigenvalue weighted by molar-refractivity contribution is 7.98. The molecule has 0 atom stereocenters. The minimum atomic E-state index is -0.284. The fraction of sp³-hybridized carbons (Fsp3) is 0.267. The maximum absolute atomic E-state index is 11.4. The Bertz CT molecular complexity index is 704. The minimum absolute atomic E-state index is 0.164. The lowest BCUT2D eigenvalue weighted by atomic mass is 10.2. The van der Waals surface area contributed by atoms with E-state index in [2.05, 4.69) is 15.5 Å². The number of rotatable bonds is 7. The lowest BCUT2D eigenvalue weighted by Gasteiger charge is -2.04. The number of ether oxygens (including phenoxy) is 1. The van der Waals surface area contributed by atoms with E-state index in [1.807, 2.05) is 24.5 Å². The number of hydrogen-bond donors (Lipinski definition) is 1. The highest BCUT2D eigenvalue weighted by atomic mass is 35.5. The van der Waals surface area contributed by atoms with Crippen LogP contribution in [-0.4, -0.2) is 30.0 Å². The number of hydrazone groups is 1. The van der Waals surface area contributed by atoms with Crippen molar-refractivity contribution < 1.29 is 9.53 Å². The van der Waals surface area contributed by atoms with Crippen molar-refractivity contribution in [1.29, 1.82) is 0 Å². The lowest BCUT2D eigenvalue weighted by Crippen LogP contribution is -2.07. The van der Waals surface area contributed by atoms with E-state index >= 15 is 0 Å². The fourth-order valence-electron chi connectivity index (χ4n) is 1.77. The number of nitrogens with one attached hydrogen (secondary N) is 1. The van der Waals surface area contributed by atoms with Gasteiger partial charge in [-0.05, 0) is 25.3 Å². The number of thiazole rings is 1. The Hall–Kier alpha value is -1.57. The Kier molecular flexibility index (Phi) is 6.88. The standard InChI is InChI=1S/C15H16ClN3O2S2/c1-3-21-14(20)7-10-9-23-15(18-10)19-17-8-11-12(16)5-4-6-13(11)22-2/h4-6,8-9H,3,7H2,1-2H3,(H,18,19). The number of benzene rings is 1. The van der Waals surface area contributed by atoms with Crippen molar-refractivity contribution in [2.75, 3.05) is 18.3 Å². The Morgan fingerprint density at radius 1 is 1.57 bits per heavy atom. The minimum Gasteiger partial charge on any atom is -0.466 e. The number of halogens is 1. The monoisotopic (exact) mass is 369 g/mol. The first kappa shape index (κ1) is 17.8. The molecule has 0 aliphatic carbocycles. The van der Waals surface area contributed by atoms with Crippen LogP contribution in [0.3, 0.4) is 0 Å². The van der Waals surface area contributed by atoms with E-state index in [0.29, 0.717) is 22.5 Å². The van der Waals surface area contributed by atoms with Gasteiger partial charge in [-0.25, -0.2) is 4.98 Å². The molecule has 8 heteroatoms. The van der Waals surface area contributed by atoms with Gasteiger partial charge in [-0.15, -0.1) is 23.1 Å². The van der Waals surface area contributed by atoms with Crippen LogP contribution in [-0.2, 0) is 16.0 Å². The number of aromatic nitrogens is 1. The molecular formula is C15H16ClN3O2S2. The molecule has 0 spiro atoms. The van der Waals surface area contributed by atoms with Crippen molar-refractivity contribution in [1.82, 2.24) is 4.98 Å². The summed E-state index contributed by atoms with van der Waals surface area (Å²) in [7, 11) is 0. The van der Waals surface area contributed by atoms with Crippen LogP contribution >= 0.6 is 34.7 Å². The van der Waals surface area contributed by atoms with Crippen LogP contribution in [0.4, 0.5) is 5.13 Å². The van der Waals surface area contributed by atoms with Gasteiger partial charge in [-0.3, -0.25) is 10.2 Å². The van der Waals surface area contributed by atoms with Gasteiger partial charge < -0.3 is 4.74 Å². The van der Waals surface area contributed by atoms with Gasteiger partial charge in [0.05, 0.1) is 30.0 Å². The highest BCUT2D eigenvalue weighted by Gasteiger charge is 2.08. The molecular weight excluding hydrogens is 354 g/mol. The Labute approximate surface area is 148 Å². The van der Waals surface area contributed by atoms with E-state index < -0.39 is 0 Å². The Morgan fingerprint density at radius 3 is 3.13 bits per heavy atom. The molecule has 5 nitrogen and oxygen atoms in total. The normalized spacial score (nSPS) is 10.9. The lowest BCUT2D eigenvalue weighted by molar-refractivity contribution is -0.142. The summed E-state index contributed by atoms with van der Waals surface area (Å²) in [5.74, 6) is -0.284. The number of carbonyl (C=O) groups excluding carboxylic acids is 1. The van der Waals surface area contributed by atoms with Crippen LogP contribution in [0.25, 0.3) is 0 Å². The average molecular weight is 370 g/mol. The highest BCUT2D eigenvalue weighted by Crippen LogP contribution is 2.25. The third-order valence-corrected chi connectivity index (χ3v) is 4.69. The predicted molar refractivity (Wildman–Crippen MR) is 96.9 cm³/mol. The van der Waals surface area contributed by atoms with Crippen LogP contribution in [0.1, 0.15) is 18.2 Å². The van der Waals surface area contributed by atoms with Crippen LogP contribution in [0.15, 0.2) is 33.6 Å². The molecule has 0 unspecified atom stereocenters. The number of nitrogens with zero attached hydrogens (tertiary/aromatic N) is 2. The summed E-state index contributed by atoms with van der Waals surface area (Å²) in [5, 5.41) is 7.22. The molecule has 122 valence electrons. The van der Waals surface area contributed by atoms with Crippen LogP contribution in [0, 0.1) is 0 Å². The summed E-state index contributed by atoms with van der Waals surface area (Å²) in [4.78, 5) is 16.7. The molecule has 0 saturated carbocycles. The average Bonchev–Trinajstić information content (AvgIpc) is 2.96. The van der Waals surface area contributed by atoms with Gasteiger partial charge >= 0.3 is 5.97 Å². The van der Waals surface area contributed by atoms with Gasteiger partial charge in [0.1, 0.15) is 0 Å². The number of carbonyl (C=O) groups is 1. The van der Waals surface area contributed by atoms with Gasteiger partial charge in [0.15, 0.2) is 0 Å². The zero-order valence-corrected chi connectivity index (χ0v) is 15.1. The van der Waals surface area contributed by atoms with Gasteiger partial charge in [0.2, 0.25) is 5.13 Å². The summed E-state index contributed by atoms with van der Waals surface area (Å²) in [6, 6.07) is 5.71. The summed E-state index contributed by atoms with van der Waals surface area (Å²) < 4.78 is 4.89. The zero-order chi connectivity index (χ0) is 16.7. The van der Waals surface area contributed by atoms with E-state index in [4.69, 9.17) is 16.3 Å². The molecule has 23 heavy (non-hydrogen) atoms. The van der Waals surface area contributed by atoms with Crippen molar-refractivity contribution in [2.24, 2.45) is 5.10 Å². The molecule has 0 aliphatic rings. The van der Waals surface area contributed by atoms with E-state index in [1.165, 1.54) is 11.3 Å². The molecule has 0 saturated heterocycles. The molecule has 2 rings (SSSR count). The molecule has 0 bridgehead atoms. The van der Waals surface area contributed by atoms with E-state index in [-0.39, 0.29) is 12.4 Å². The Balaban J connectivity index is 1.99. The summed E-state index contributed by atoms with van der Waals surface area (Å²) in [6.07, 6.45) is 3.82. The largest absolute Gasteiger partial charge is 0.466 e. The molecule has 0 radical (unpaired) electrons. The quantitative estimate of drug-likeness (QED) is 0.345. The molecule has 1 aromatic carbocycles. The first-order valence-corrected chi connectivity index (χ1v) is 9.34. The smallest absolute Gasteiger partial charge is 0.311 e. The third-order valence-electron chi connectivity index (χ3n) is 2.77. The maximum Gasteiger partial charge on any atom is 0.311 e. The third kappa shape index (κ3) is 5.23. The summed E-state index contributed by atoms with van der Waals surface area (Å²) in [6.45, 7) is 2.15. The van der Waals surface area contributed by atoms with Gasteiger partial charge in [0.25, 0.3) is 0 Å². The van der Waals surface area contributed by atoms with Crippen molar-refractivity contribution in [2.45, 2.75) is 18.2 Å². The van der Waals surface area contributed by atoms with Crippen molar-refractivity contribution in [3.63, 3.8) is 0 Å². The van der Waals surface area contributed by atoms with Crippen LogP contribution in [0.5, 0.6) is 0 Å². The second-order valence-electron chi connectivity index (χ2n) is 4.35. The maximum atomic E-state index is 11.4. The van der Waals surface area contributed by atoms with Crippen molar-refractivity contribution in [3.8, 4) is 0 Å². The number of anilines is 1. The Morgan fingerprint density at radius 2 is 2.39 bits per heavy atom. The summed E-state index contributed by atoms with van der Waals surface area (Å²) >= 11 is 9.16. The van der Waals surface area contributed by atoms with Crippen molar-refractivity contribution in [3.05, 3.63) is 39.9 Å². The topological polar surface area (TPSA) is 63.6 Å². The molecule has 1 aromatic heterocycles. The molecule has 2 aromatic rings. The molecule has 1 N–H and O–H groups in total. The van der Waals surface area contributed by atoms with E-state index in [9.17, 15) is 4.79 Å². The first-order valence-electron chi connectivity index (χ1n) is 6.85. The first-order chi connectivity index (χ1) is 11.1. The zero-order valence-electron chi connectivity index (χ0n) is 12.7. The van der Waals surface area contributed by atoms with Gasteiger partial charge in [-0.1, -0.05) is 17.7 Å². The van der Waals surface area contributed by atoms with Crippen LogP contribution < -0.4 is 5.43 Å². The number of thioether (sulfide) groups is 1. The second-order valence-corrected chi connectivity index (χ2v) is 6.46. The molecule has 1 heterocycles. The SMILES string of the molecule is CCOC(=O)Cc1csc(NN=Cc2c(Cl)cccc2SC)n1. The second kappa shape index (κ2) is 8.90. The summed E-state index contributed by atoms with van der Waals surface area (Å²) in [5.41, 5.74) is 4.37. The van der Waals surface area contributed by atoms with E-state index in [1.54, 1.807) is 30.3 Å². The fourth-order valence-corrected chi connectivity index (χ4v) is 3.31. The predicted octanol–water partition coefficient (Wildman–Crippen LogP) is 4.07. The number of hydrogen-bond acceptors (Lipinski definition) is 7. The molecule has 0 amide bonds. The molecule has 0 aliphatic heterocycles. The van der Waals surface area contributed by atoms with Gasteiger partial charge in [0, 0.05) is 15.8 Å².